The molecule has 3 aliphatic rings. The molecule has 3 saturated heterocycles. The quantitative estimate of drug-likeness (QED) is 0.248. The second-order valence-electron chi connectivity index (χ2n) is 7.65. The summed E-state index contributed by atoms with van der Waals surface area (Å²) < 4.78 is 33.6. The van der Waals surface area contributed by atoms with E-state index in [0.29, 0.717) is 5.33 Å². The van der Waals surface area contributed by atoms with Crippen LogP contribution < -0.4 is 0 Å². The predicted octanol–water partition coefficient (Wildman–Crippen LogP) is -2.18. The lowest BCUT2D eigenvalue weighted by Crippen LogP contribution is -2.64. The van der Waals surface area contributed by atoms with Gasteiger partial charge in [-0.15, -0.1) is 0 Å². The van der Waals surface area contributed by atoms with Crippen molar-refractivity contribution >= 4 is 15.9 Å². The van der Waals surface area contributed by atoms with Crippen LogP contribution in [0.5, 0.6) is 0 Å². The van der Waals surface area contributed by atoms with Gasteiger partial charge in [-0.05, 0) is 13.8 Å². The van der Waals surface area contributed by atoms with Gasteiger partial charge >= 0.3 is 0 Å². The zero-order valence-corrected chi connectivity index (χ0v) is 17.8. The fourth-order valence-corrected chi connectivity index (χ4v) is 3.97. The molecule has 0 aromatic rings. The number of ether oxygens (including phenoxy) is 6. The number of rotatable bonds is 7. The molecule has 3 rings (SSSR count). The average molecular weight is 489 g/mol. The second-order valence-corrected chi connectivity index (χ2v) is 8.44. The van der Waals surface area contributed by atoms with Crippen molar-refractivity contribution in [2.75, 3.05) is 25.2 Å². The standard InChI is InChI=1S/C17H29BrO11/c1-17(2)28-13-8(6-20)26-16(11(23)14(13)29-17)27-12-7(5-19)25-15(24-4-3-18)10(22)9(12)21/h7-16,19-23H,3-6H2,1-2H3/t7-,8-,9-,10-,11-,12-,13+,14-,15-,16+/m1/s1. The highest BCUT2D eigenvalue weighted by molar-refractivity contribution is 9.09. The van der Waals surface area contributed by atoms with Gasteiger partial charge in [0.05, 0.1) is 19.8 Å². The highest BCUT2D eigenvalue weighted by atomic mass is 79.9. The summed E-state index contributed by atoms with van der Waals surface area (Å²) in [6.45, 7) is 2.62. The summed E-state index contributed by atoms with van der Waals surface area (Å²) >= 11 is 3.18. The summed E-state index contributed by atoms with van der Waals surface area (Å²) in [5.41, 5.74) is 0. The second kappa shape index (κ2) is 9.67. The van der Waals surface area contributed by atoms with Gasteiger partial charge in [-0.1, -0.05) is 15.9 Å². The van der Waals surface area contributed by atoms with Crippen molar-refractivity contribution in [3.8, 4) is 0 Å². The lowest BCUT2D eigenvalue weighted by molar-refractivity contribution is -0.352. The van der Waals surface area contributed by atoms with Gasteiger partial charge in [-0.25, -0.2) is 0 Å². The molecule has 29 heavy (non-hydrogen) atoms. The number of aliphatic hydroxyl groups excluding tert-OH is 5. The van der Waals surface area contributed by atoms with Crippen LogP contribution in [0.4, 0.5) is 0 Å². The first kappa shape index (κ1) is 23.7. The Balaban J connectivity index is 1.72. The summed E-state index contributed by atoms with van der Waals surface area (Å²) in [5.74, 6) is -0.987. The summed E-state index contributed by atoms with van der Waals surface area (Å²) in [4.78, 5) is 0. The van der Waals surface area contributed by atoms with Crippen molar-refractivity contribution in [2.24, 2.45) is 0 Å². The monoisotopic (exact) mass is 488 g/mol. The lowest BCUT2D eigenvalue weighted by Gasteiger charge is -2.45. The first-order chi connectivity index (χ1) is 13.7. The van der Waals surface area contributed by atoms with E-state index in [1.54, 1.807) is 13.8 Å². The van der Waals surface area contributed by atoms with E-state index < -0.39 is 80.4 Å². The van der Waals surface area contributed by atoms with Crippen molar-refractivity contribution < 1.29 is 54.0 Å². The van der Waals surface area contributed by atoms with E-state index >= 15 is 0 Å². The van der Waals surface area contributed by atoms with Gasteiger partial charge in [0, 0.05) is 5.33 Å². The van der Waals surface area contributed by atoms with E-state index in [1.807, 2.05) is 0 Å². The molecule has 0 bridgehead atoms. The fourth-order valence-electron chi connectivity index (χ4n) is 3.79. The molecule has 0 aromatic heterocycles. The Morgan fingerprint density at radius 3 is 2.10 bits per heavy atom. The van der Waals surface area contributed by atoms with Gasteiger partial charge in [-0.2, -0.15) is 0 Å². The number of halogens is 1. The molecule has 0 aromatic carbocycles. The number of fused-ring (bicyclic) bond motifs is 1. The lowest BCUT2D eigenvalue weighted by atomic mass is 9.97. The molecule has 0 saturated carbocycles. The van der Waals surface area contributed by atoms with Crippen molar-refractivity contribution in [1.82, 2.24) is 0 Å². The zero-order chi connectivity index (χ0) is 21.3. The van der Waals surface area contributed by atoms with Crippen molar-refractivity contribution in [2.45, 2.75) is 81.0 Å². The topological polar surface area (TPSA) is 157 Å². The van der Waals surface area contributed by atoms with Crippen LogP contribution in [0.2, 0.25) is 0 Å². The molecule has 170 valence electrons. The smallest absolute Gasteiger partial charge is 0.187 e. The molecule has 3 aliphatic heterocycles. The van der Waals surface area contributed by atoms with Gasteiger partial charge < -0.3 is 54.0 Å². The zero-order valence-electron chi connectivity index (χ0n) is 16.2. The first-order valence-corrected chi connectivity index (χ1v) is 10.6. The van der Waals surface area contributed by atoms with E-state index in [9.17, 15) is 25.5 Å². The molecule has 5 N–H and O–H groups in total. The Kier molecular flexibility index (Phi) is 7.90. The van der Waals surface area contributed by atoms with Gasteiger partial charge in [0.1, 0.15) is 48.8 Å². The summed E-state index contributed by atoms with van der Waals surface area (Å²) in [6.07, 6.45) is -11.4. The molecule has 0 radical (unpaired) electrons. The number of aliphatic hydroxyl groups is 5. The maximum absolute atomic E-state index is 10.7. The van der Waals surface area contributed by atoms with Crippen LogP contribution >= 0.6 is 15.9 Å². The Bertz CT molecular complexity index is 536. The van der Waals surface area contributed by atoms with E-state index in [4.69, 9.17) is 28.4 Å². The minimum atomic E-state index is -1.49. The largest absolute Gasteiger partial charge is 0.394 e. The molecule has 0 amide bonds. The maximum atomic E-state index is 10.7. The van der Waals surface area contributed by atoms with Gasteiger partial charge in [0.2, 0.25) is 0 Å². The number of alkyl halides is 1. The van der Waals surface area contributed by atoms with Crippen LogP contribution in [0.3, 0.4) is 0 Å². The van der Waals surface area contributed by atoms with Gasteiger partial charge in [0.15, 0.2) is 18.4 Å². The van der Waals surface area contributed by atoms with Gasteiger partial charge in [-0.3, -0.25) is 0 Å². The Morgan fingerprint density at radius 1 is 0.862 bits per heavy atom. The van der Waals surface area contributed by atoms with E-state index in [2.05, 4.69) is 15.9 Å². The fraction of sp³-hybridized carbons (Fsp3) is 1.00. The number of hydrogen-bond donors (Lipinski definition) is 5. The maximum Gasteiger partial charge on any atom is 0.187 e. The third-order valence-electron chi connectivity index (χ3n) is 5.11. The molecule has 12 heteroatoms. The molecular formula is C17H29BrO11. The Labute approximate surface area is 176 Å². The van der Waals surface area contributed by atoms with Crippen molar-refractivity contribution in [3.05, 3.63) is 0 Å². The Hall–Kier alpha value is 0.0400. The minimum Gasteiger partial charge on any atom is -0.394 e. The minimum absolute atomic E-state index is 0.219. The van der Waals surface area contributed by atoms with Crippen LogP contribution in [0.25, 0.3) is 0 Å². The summed E-state index contributed by atoms with van der Waals surface area (Å²) in [5, 5.41) is 51.3. The molecule has 3 heterocycles. The Morgan fingerprint density at radius 2 is 1.48 bits per heavy atom. The first-order valence-electron chi connectivity index (χ1n) is 9.48. The van der Waals surface area contributed by atoms with Gasteiger partial charge in [0.25, 0.3) is 0 Å². The third kappa shape index (κ3) is 4.94. The van der Waals surface area contributed by atoms with Crippen molar-refractivity contribution in [3.63, 3.8) is 0 Å². The molecular weight excluding hydrogens is 460 g/mol. The van der Waals surface area contributed by atoms with E-state index in [1.165, 1.54) is 0 Å². The molecule has 0 unspecified atom stereocenters. The van der Waals surface area contributed by atoms with Crippen LogP contribution in [0, 0.1) is 0 Å². The normalized spacial score (nSPS) is 47.2. The third-order valence-corrected chi connectivity index (χ3v) is 5.43. The molecule has 11 nitrogen and oxygen atoms in total. The van der Waals surface area contributed by atoms with E-state index in [0.717, 1.165) is 0 Å². The van der Waals surface area contributed by atoms with Crippen molar-refractivity contribution in [1.29, 1.82) is 0 Å². The summed E-state index contributed by atoms with van der Waals surface area (Å²) in [7, 11) is 0. The van der Waals surface area contributed by atoms with Crippen LogP contribution in [0.1, 0.15) is 13.8 Å². The molecule has 10 atom stereocenters. The average Bonchev–Trinajstić information content (AvgIpc) is 3.02. The molecule has 0 aliphatic carbocycles. The highest BCUT2D eigenvalue weighted by Crippen LogP contribution is 2.38. The van der Waals surface area contributed by atoms with Crippen LogP contribution in [-0.4, -0.2) is 118 Å². The van der Waals surface area contributed by atoms with E-state index in [-0.39, 0.29) is 6.61 Å². The molecule has 0 spiro atoms. The molecule has 3 fully saturated rings. The highest BCUT2D eigenvalue weighted by Gasteiger charge is 2.56. The summed E-state index contributed by atoms with van der Waals surface area (Å²) in [6, 6.07) is 0. The number of hydrogen-bond acceptors (Lipinski definition) is 11. The predicted molar refractivity (Wildman–Crippen MR) is 98.0 cm³/mol. The SMILES string of the molecule is CC1(C)O[C@@H]2[C@@H](O)[C@H](O[C@H]3[C@H](O)[C@@H](O)[C@H](OCCBr)O[C@@H]3CO)O[C@H](CO)[C@@H]2O1. The van der Waals surface area contributed by atoms with Crippen LogP contribution in [-0.2, 0) is 28.4 Å². The van der Waals surface area contributed by atoms with Crippen LogP contribution in [0.15, 0.2) is 0 Å².